The minimum atomic E-state index is -3.06. The fourth-order valence-electron chi connectivity index (χ4n) is 0.913. The Kier molecular flexibility index (Phi) is 3.34. The van der Waals surface area contributed by atoms with E-state index in [9.17, 15) is 8.42 Å². The van der Waals surface area contributed by atoms with Crippen LogP contribution >= 0.6 is 0 Å². The van der Waals surface area contributed by atoms with Crippen LogP contribution < -0.4 is 5.32 Å². The predicted molar refractivity (Wildman–Crippen MR) is 61.6 cm³/mol. The van der Waals surface area contributed by atoms with E-state index in [0.717, 1.165) is 5.69 Å². The minimum Gasteiger partial charge on any atom is -0.382 e. The molecule has 0 bridgehead atoms. The van der Waals surface area contributed by atoms with Gasteiger partial charge in [-0.15, -0.1) is 0 Å². The maximum Gasteiger partial charge on any atom is 0.154 e. The third kappa shape index (κ3) is 3.20. The lowest BCUT2D eigenvalue weighted by molar-refractivity contribution is 0.560. The topological polar surface area (TPSA) is 59.1 Å². The van der Waals surface area contributed by atoms with Crippen LogP contribution in [-0.2, 0) is 9.84 Å². The van der Waals surface area contributed by atoms with E-state index in [1.807, 2.05) is 6.07 Å². The summed E-state index contributed by atoms with van der Waals surface area (Å²) in [6.07, 6.45) is 4.59. The number of nitrogens with zero attached hydrogens (tertiary/aromatic N) is 1. The number of hydrogen-bond acceptors (Lipinski definition) is 4. The van der Waals surface area contributed by atoms with E-state index in [4.69, 9.17) is 0 Å². The number of sulfone groups is 1. The number of hydrogen-bond donors (Lipinski definition) is 1. The Hall–Kier alpha value is -1.10. The average Bonchev–Trinajstić information content (AvgIpc) is 2.15. The summed E-state index contributed by atoms with van der Waals surface area (Å²) in [5.41, 5.74) is 0.828. The molecule has 4 nitrogen and oxygen atoms in total. The summed E-state index contributed by atoms with van der Waals surface area (Å²) >= 11 is 0. The van der Waals surface area contributed by atoms with Crippen LogP contribution in [0.3, 0.4) is 0 Å². The van der Waals surface area contributed by atoms with E-state index in [1.54, 1.807) is 32.3 Å². The monoisotopic (exact) mass is 228 g/mol. The van der Waals surface area contributed by atoms with Crippen molar-refractivity contribution in [1.82, 2.24) is 4.98 Å². The first-order valence-electron chi connectivity index (χ1n) is 4.66. The lowest BCUT2D eigenvalue weighted by Crippen LogP contribution is -2.38. The van der Waals surface area contributed by atoms with E-state index >= 15 is 0 Å². The van der Waals surface area contributed by atoms with Crippen molar-refractivity contribution in [3.8, 4) is 0 Å². The second-order valence-electron chi connectivity index (χ2n) is 4.13. The highest BCUT2D eigenvalue weighted by molar-refractivity contribution is 7.92. The summed E-state index contributed by atoms with van der Waals surface area (Å²) in [5.74, 6) is 0. The zero-order chi connectivity index (χ0) is 11.5. The fraction of sp³-hybridized carbons (Fsp3) is 0.500. The highest BCUT2D eigenvalue weighted by atomic mass is 32.2. The maximum absolute atomic E-state index is 11.4. The Morgan fingerprint density at radius 1 is 1.47 bits per heavy atom. The van der Waals surface area contributed by atoms with Gasteiger partial charge in [0.15, 0.2) is 9.84 Å². The Morgan fingerprint density at radius 3 is 2.60 bits per heavy atom. The quantitative estimate of drug-likeness (QED) is 0.844. The van der Waals surface area contributed by atoms with Crippen molar-refractivity contribution >= 4 is 15.5 Å². The summed E-state index contributed by atoms with van der Waals surface area (Å²) < 4.78 is 22.1. The van der Waals surface area contributed by atoms with Gasteiger partial charge >= 0.3 is 0 Å². The first kappa shape index (κ1) is 12.0. The SMILES string of the molecule is CC(C)(CNc1cccnc1)S(C)(=O)=O. The van der Waals surface area contributed by atoms with Crippen LogP contribution in [0.5, 0.6) is 0 Å². The smallest absolute Gasteiger partial charge is 0.154 e. The minimum absolute atomic E-state index is 0.373. The largest absolute Gasteiger partial charge is 0.382 e. The summed E-state index contributed by atoms with van der Waals surface area (Å²) in [4.78, 5) is 3.94. The zero-order valence-corrected chi connectivity index (χ0v) is 10.0. The van der Waals surface area contributed by atoms with Gasteiger partial charge in [0.25, 0.3) is 0 Å². The highest BCUT2D eigenvalue weighted by Crippen LogP contribution is 2.16. The number of aromatic nitrogens is 1. The third-order valence-electron chi connectivity index (χ3n) is 2.38. The van der Waals surface area contributed by atoms with E-state index in [1.165, 1.54) is 6.26 Å². The normalized spacial score (nSPS) is 12.5. The molecule has 0 aliphatic carbocycles. The van der Waals surface area contributed by atoms with Crippen molar-refractivity contribution in [2.24, 2.45) is 0 Å². The van der Waals surface area contributed by atoms with Gasteiger partial charge in [-0.05, 0) is 26.0 Å². The molecule has 5 heteroatoms. The lowest BCUT2D eigenvalue weighted by Gasteiger charge is -2.23. The van der Waals surface area contributed by atoms with Gasteiger partial charge in [-0.3, -0.25) is 4.98 Å². The van der Waals surface area contributed by atoms with Gasteiger partial charge in [0, 0.05) is 25.2 Å². The first-order chi connectivity index (χ1) is 6.83. The van der Waals surface area contributed by atoms with Crippen LogP contribution in [0.2, 0.25) is 0 Å². The molecule has 0 unspecified atom stereocenters. The molecule has 1 rings (SSSR count). The van der Waals surface area contributed by atoms with E-state index in [-0.39, 0.29) is 0 Å². The van der Waals surface area contributed by atoms with E-state index in [2.05, 4.69) is 10.3 Å². The Balaban J connectivity index is 2.66. The summed E-state index contributed by atoms with van der Waals surface area (Å²) in [6, 6.07) is 3.65. The highest BCUT2D eigenvalue weighted by Gasteiger charge is 2.29. The second-order valence-corrected chi connectivity index (χ2v) is 6.78. The van der Waals surface area contributed by atoms with Gasteiger partial charge in [0.05, 0.1) is 10.4 Å². The van der Waals surface area contributed by atoms with Crippen LogP contribution in [0.1, 0.15) is 13.8 Å². The third-order valence-corrected chi connectivity index (χ3v) is 4.54. The molecule has 0 aromatic carbocycles. The molecular formula is C10H16N2O2S. The van der Waals surface area contributed by atoms with Gasteiger partial charge in [-0.1, -0.05) is 0 Å². The molecule has 0 amide bonds. The zero-order valence-electron chi connectivity index (χ0n) is 9.19. The standard InChI is InChI=1S/C10H16N2O2S/c1-10(2,15(3,13)14)8-12-9-5-4-6-11-7-9/h4-7,12H,8H2,1-3H3. The summed E-state index contributed by atoms with van der Waals surface area (Å²) in [6.45, 7) is 3.77. The Labute approximate surface area is 90.7 Å². The molecule has 0 radical (unpaired) electrons. The molecule has 1 aromatic rings. The molecule has 15 heavy (non-hydrogen) atoms. The fourth-order valence-corrected chi connectivity index (χ4v) is 1.25. The molecule has 1 N–H and O–H groups in total. The molecular weight excluding hydrogens is 212 g/mol. The van der Waals surface area contributed by atoms with Crippen LogP contribution in [0, 0.1) is 0 Å². The van der Waals surface area contributed by atoms with Crippen molar-refractivity contribution in [2.75, 3.05) is 18.1 Å². The van der Waals surface area contributed by atoms with Crippen molar-refractivity contribution in [2.45, 2.75) is 18.6 Å². The Bertz CT molecular complexity index is 412. The second kappa shape index (κ2) is 4.18. The van der Waals surface area contributed by atoms with Crippen LogP contribution in [0.4, 0.5) is 5.69 Å². The molecule has 1 aromatic heterocycles. The maximum atomic E-state index is 11.4. The van der Waals surface area contributed by atoms with Crippen molar-refractivity contribution in [3.63, 3.8) is 0 Å². The van der Waals surface area contributed by atoms with Gasteiger partial charge in [-0.2, -0.15) is 0 Å². The molecule has 0 saturated heterocycles. The number of rotatable bonds is 4. The molecule has 0 spiro atoms. The average molecular weight is 228 g/mol. The summed E-state index contributed by atoms with van der Waals surface area (Å²) in [5, 5.41) is 3.05. The number of nitrogens with one attached hydrogen (secondary N) is 1. The molecule has 1 heterocycles. The predicted octanol–water partition coefficient (Wildman–Crippen LogP) is 1.32. The Morgan fingerprint density at radius 2 is 2.13 bits per heavy atom. The van der Waals surface area contributed by atoms with Crippen LogP contribution in [0.25, 0.3) is 0 Å². The molecule has 0 fully saturated rings. The van der Waals surface area contributed by atoms with Gasteiger partial charge in [-0.25, -0.2) is 8.42 Å². The van der Waals surface area contributed by atoms with Crippen molar-refractivity contribution < 1.29 is 8.42 Å². The number of pyridine rings is 1. The summed E-state index contributed by atoms with van der Waals surface area (Å²) in [7, 11) is -3.06. The van der Waals surface area contributed by atoms with Crippen LogP contribution in [0.15, 0.2) is 24.5 Å². The van der Waals surface area contributed by atoms with Crippen molar-refractivity contribution in [3.05, 3.63) is 24.5 Å². The van der Waals surface area contributed by atoms with E-state index < -0.39 is 14.6 Å². The molecule has 84 valence electrons. The molecule has 0 atom stereocenters. The first-order valence-corrected chi connectivity index (χ1v) is 6.55. The molecule has 0 aliphatic rings. The van der Waals surface area contributed by atoms with Crippen molar-refractivity contribution in [1.29, 1.82) is 0 Å². The van der Waals surface area contributed by atoms with Gasteiger partial charge in [0.1, 0.15) is 0 Å². The van der Waals surface area contributed by atoms with E-state index in [0.29, 0.717) is 6.54 Å². The van der Waals surface area contributed by atoms with Gasteiger partial charge in [0.2, 0.25) is 0 Å². The van der Waals surface area contributed by atoms with Crippen LogP contribution in [-0.4, -0.2) is 30.9 Å². The lowest BCUT2D eigenvalue weighted by atomic mass is 10.2. The molecule has 0 aliphatic heterocycles. The van der Waals surface area contributed by atoms with Gasteiger partial charge < -0.3 is 5.32 Å². The number of anilines is 1. The molecule has 0 saturated carbocycles.